The van der Waals surface area contributed by atoms with E-state index < -0.39 is 0 Å². The van der Waals surface area contributed by atoms with Gasteiger partial charge in [0.15, 0.2) is 0 Å². The molecule has 1 fully saturated rings. The molecule has 2 atom stereocenters. The number of hydroxylamine groups is 3. The van der Waals surface area contributed by atoms with Gasteiger partial charge in [0, 0.05) is 0 Å². The first kappa shape index (κ1) is 9.96. The van der Waals surface area contributed by atoms with Gasteiger partial charge in [-0.25, -0.2) is 0 Å². The summed E-state index contributed by atoms with van der Waals surface area (Å²) < 4.78 is 5.45. The zero-order valence-corrected chi connectivity index (χ0v) is 8.08. The molecule has 12 heavy (non-hydrogen) atoms. The lowest BCUT2D eigenvalue weighted by molar-refractivity contribution is -0.890. The highest BCUT2D eigenvalue weighted by Gasteiger charge is 2.26. The number of hydrogen-bond acceptors (Lipinski definition) is 2. The summed E-state index contributed by atoms with van der Waals surface area (Å²) in [4.78, 5) is 0. The Balaban J connectivity index is 2.39. The summed E-state index contributed by atoms with van der Waals surface area (Å²) in [5.41, 5.74) is 0. The van der Waals surface area contributed by atoms with E-state index in [4.69, 9.17) is 4.74 Å². The van der Waals surface area contributed by atoms with Gasteiger partial charge in [-0.15, -0.1) is 0 Å². The van der Waals surface area contributed by atoms with E-state index in [0.717, 1.165) is 12.8 Å². The van der Waals surface area contributed by atoms with E-state index in [1.807, 2.05) is 6.92 Å². The van der Waals surface area contributed by atoms with Crippen LogP contribution in [0.3, 0.4) is 0 Å². The van der Waals surface area contributed by atoms with Crippen LogP contribution in [0.5, 0.6) is 0 Å². The quantitative estimate of drug-likeness (QED) is 0.479. The molecule has 2 unspecified atom stereocenters. The zero-order chi connectivity index (χ0) is 9.03. The minimum absolute atomic E-state index is 0.0509. The van der Waals surface area contributed by atoms with Crippen LogP contribution in [0, 0.1) is 5.21 Å². The molecular weight excluding hydrogens is 154 g/mol. The van der Waals surface area contributed by atoms with E-state index in [1.165, 1.54) is 0 Å². The first-order valence-corrected chi connectivity index (χ1v) is 4.89. The van der Waals surface area contributed by atoms with Crippen LogP contribution in [0.25, 0.3) is 0 Å². The van der Waals surface area contributed by atoms with Gasteiger partial charge in [-0.2, -0.15) is 0 Å². The number of quaternary nitrogens is 1. The fourth-order valence-corrected chi connectivity index (χ4v) is 1.68. The molecule has 0 aromatic carbocycles. The third-order valence-electron chi connectivity index (χ3n) is 2.58. The monoisotopic (exact) mass is 173 g/mol. The Morgan fingerprint density at radius 1 is 1.50 bits per heavy atom. The summed E-state index contributed by atoms with van der Waals surface area (Å²) in [6.07, 6.45) is 2.34. The van der Waals surface area contributed by atoms with Crippen LogP contribution in [-0.2, 0) is 4.74 Å². The van der Waals surface area contributed by atoms with Gasteiger partial charge in [0.1, 0.15) is 19.2 Å². The minimum Gasteiger partial charge on any atom is -0.633 e. The fraction of sp³-hybridized carbons (Fsp3) is 1.00. The molecular formula is C9H19NO2. The largest absolute Gasteiger partial charge is 0.633 e. The van der Waals surface area contributed by atoms with Crippen molar-refractivity contribution in [3.05, 3.63) is 5.21 Å². The van der Waals surface area contributed by atoms with Gasteiger partial charge in [-0.3, -0.25) is 0 Å². The van der Waals surface area contributed by atoms with Crippen LogP contribution in [0.15, 0.2) is 0 Å². The molecule has 3 nitrogen and oxygen atoms in total. The number of ether oxygens (including phenoxy) is 1. The van der Waals surface area contributed by atoms with Gasteiger partial charge >= 0.3 is 0 Å². The van der Waals surface area contributed by atoms with Crippen LogP contribution >= 0.6 is 0 Å². The Bertz CT molecular complexity index is 138. The van der Waals surface area contributed by atoms with Gasteiger partial charge in [-0.1, -0.05) is 13.3 Å². The van der Waals surface area contributed by atoms with Crippen molar-refractivity contribution in [2.45, 2.75) is 32.8 Å². The van der Waals surface area contributed by atoms with Gasteiger partial charge in [0.25, 0.3) is 0 Å². The van der Waals surface area contributed by atoms with E-state index in [-0.39, 0.29) is 10.8 Å². The lowest BCUT2D eigenvalue weighted by Crippen LogP contribution is -2.53. The number of morpholine rings is 1. The molecule has 0 radical (unpaired) electrons. The highest BCUT2D eigenvalue weighted by atomic mass is 16.6. The van der Waals surface area contributed by atoms with Gasteiger partial charge in [0.2, 0.25) is 0 Å². The summed E-state index contributed by atoms with van der Waals surface area (Å²) in [6, 6.07) is 0. The number of likely N-dealkylation sites (N-methyl/N-ethyl adjacent to an activating group) is 1. The Morgan fingerprint density at radius 3 is 2.83 bits per heavy atom. The molecule has 0 spiro atoms. The maximum Gasteiger partial charge on any atom is 0.107 e. The molecule has 0 aromatic heterocycles. The molecule has 1 heterocycles. The summed E-state index contributed by atoms with van der Waals surface area (Å²) in [5.74, 6) is 0. The van der Waals surface area contributed by atoms with Crippen LogP contribution in [0.2, 0.25) is 0 Å². The van der Waals surface area contributed by atoms with Crippen LogP contribution in [0.1, 0.15) is 26.7 Å². The molecule has 0 N–H and O–H groups in total. The maximum absolute atomic E-state index is 11.8. The van der Waals surface area contributed by atoms with Crippen molar-refractivity contribution in [2.75, 3.05) is 26.2 Å². The third kappa shape index (κ3) is 2.44. The van der Waals surface area contributed by atoms with Crippen molar-refractivity contribution in [2.24, 2.45) is 0 Å². The number of rotatable bonds is 3. The lowest BCUT2D eigenvalue weighted by Gasteiger charge is -2.47. The maximum atomic E-state index is 11.8. The molecule has 1 rings (SSSR count). The van der Waals surface area contributed by atoms with E-state index in [1.54, 1.807) is 0 Å². The highest BCUT2D eigenvalue weighted by molar-refractivity contribution is 4.62. The van der Waals surface area contributed by atoms with Crippen LogP contribution < -0.4 is 0 Å². The van der Waals surface area contributed by atoms with Gasteiger partial charge in [-0.05, 0) is 13.3 Å². The van der Waals surface area contributed by atoms with E-state index in [2.05, 4.69) is 6.92 Å². The van der Waals surface area contributed by atoms with Crippen LogP contribution in [0.4, 0.5) is 0 Å². The van der Waals surface area contributed by atoms with E-state index in [0.29, 0.717) is 26.2 Å². The molecule has 3 heteroatoms. The van der Waals surface area contributed by atoms with Gasteiger partial charge in [0.05, 0.1) is 13.2 Å². The lowest BCUT2D eigenvalue weighted by atomic mass is 10.1. The van der Waals surface area contributed by atoms with Crippen molar-refractivity contribution in [3.63, 3.8) is 0 Å². The van der Waals surface area contributed by atoms with Crippen LogP contribution in [-0.4, -0.2) is 37.0 Å². The first-order chi connectivity index (χ1) is 5.70. The Morgan fingerprint density at radius 2 is 2.25 bits per heavy atom. The summed E-state index contributed by atoms with van der Waals surface area (Å²) in [7, 11) is 0. The number of nitrogens with zero attached hydrogens (tertiary/aromatic N) is 1. The SMILES string of the molecule is CCCC1C[N+]([O-])(CC)CCO1. The van der Waals surface area contributed by atoms with Crippen molar-refractivity contribution < 1.29 is 9.38 Å². The average molecular weight is 173 g/mol. The smallest absolute Gasteiger partial charge is 0.107 e. The molecule has 0 aliphatic carbocycles. The minimum atomic E-state index is -0.0509. The zero-order valence-electron chi connectivity index (χ0n) is 8.08. The van der Waals surface area contributed by atoms with Crippen molar-refractivity contribution in [1.29, 1.82) is 0 Å². The first-order valence-electron chi connectivity index (χ1n) is 4.89. The molecule has 0 amide bonds. The Labute approximate surface area is 74.5 Å². The predicted octanol–water partition coefficient (Wildman–Crippen LogP) is 1.52. The van der Waals surface area contributed by atoms with Crippen molar-refractivity contribution >= 4 is 0 Å². The molecule has 1 aliphatic heterocycles. The predicted molar refractivity (Wildman–Crippen MR) is 48.6 cm³/mol. The Kier molecular flexibility index (Phi) is 3.50. The second-order valence-corrected chi connectivity index (χ2v) is 3.56. The number of hydrogen-bond donors (Lipinski definition) is 0. The van der Waals surface area contributed by atoms with E-state index >= 15 is 0 Å². The summed E-state index contributed by atoms with van der Waals surface area (Å²) in [5, 5.41) is 11.8. The normalized spacial score (nSPS) is 36.8. The standard InChI is InChI=1S/C9H19NO2/c1-3-5-9-8-10(11,4-2)6-7-12-9/h9H,3-8H2,1-2H3. The third-order valence-corrected chi connectivity index (χ3v) is 2.58. The summed E-state index contributed by atoms with van der Waals surface area (Å²) >= 11 is 0. The molecule has 0 bridgehead atoms. The average Bonchev–Trinajstić information content (AvgIpc) is 2.05. The molecule has 1 aliphatic rings. The molecule has 1 saturated heterocycles. The topological polar surface area (TPSA) is 32.3 Å². The van der Waals surface area contributed by atoms with Crippen molar-refractivity contribution in [1.82, 2.24) is 0 Å². The van der Waals surface area contributed by atoms with Crippen molar-refractivity contribution in [3.8, 4) is 0 Å². The second-order valence-electron chi connectivity index (χ2n) is 3.56. The molecule has 0 saturated carbocycles. The fourth-order valence-electron chi connectivity index (χ4n) is 1.68. The van der Waals surface area contributed by atoms with E-state index in [9.17, 15) is 5.21 Å². The Hall–Kier alpha value is -0.120. The molecule has 0 aromatic rings. The van der Waals surface area contributed by atoms with Gasteiger partial charge < -0.3 is 14.6 Å². The second kappa shape index (κ2) is 4.21. The molecule has 72 valence electrons. The highest BCUT2D eigenvalue weighted by Crippen LogP contribution is 2.16. The summed E-state index contributed by atoms with van der Waals surface area (Å²) in [6.45, 7) is 6.71.